The van der Waals surface area contributed by atoms with E-state index in [9.17, 15) is 4.79 Å². The van der Waals surface area contributed by atoms with Crippen molar-refractivity contribution in [2.75, 3.05) is 39.3 Å². The van der Waals surface area contributed by atoms with Crippen molar-refractivity contribution in [2.45, 2.75) is 32.6 Å². The highest BCUT2D eigenvalue weighted by molar-refractivity contribution is 5.73. The molecule has 1 heterocycles. The van der Waals surface area contributed by atoms with Gasteiger partial charge in [-0.05, 0) is 51.2 Å². The van der Waals surface area contributed by atoms with Gasteiger partial charge in [-0.1, -0.05) is 6.92 Å². The molecular weight excluding hydrogens is 230 g/mol. The smallest absolute Gasteiger partial charge is 0.314 e. The number of nitrogens with one attached hydrogen (secondary N) is 2. The largest absolute Gasteiger partial charge is 0.396 e. The zero-order chi connectivity index (χ0) is 13.2. The van der Waals surface area contributed by atoms with Gasteiger partial charge in [0.25, 0.3) is 0 Å². The number of likely N-dealkylation sites (tertiary alicyclic amines) is 1. The van der Waals surface area contributed by atoms with Gasteiger partial charge in [-0.25, -0.2) is 4.79 Å². The number of rotatable bonds is 7. The number of carbonyl (C=O) groups excluding carboxylic acids is 1. The highest BCUT2D eigenvalue weighted by Gasteiger charge is 2.17. The van der Waals surface area contributed by atoms with Crippen LogP contribution in [0.4, 0.5) is 4.79 Å². The third-order valence-corrected chi connectivity index (χ3v) is 3.61. The molecule has 2 amide bonds. The highest BCUT2D eigenvalue weighted by Crippen LogP contribution is 2.19. The van der Waals surface area contributed by atoms with Gasteiger partial charge in [0, 0.05) is 19.7 Å². The molecule has 1 aliphatic rings. The van der Waals surface area contributed by atoms with E-state index in [0.29, 0.717) is 13.0 Å². The summed E-state index contributed by atoms with van der Waals surface area (Å²) in [5, 5.41) is 14.2. The van der Waals surface area contributed by atoms with Crippen LogP contribution in [0.5, 0.6) is 0 Å². The topological polar surface area (TPSA) is 64.6 Å². The molecule has 106 valence electrons. The maximum atomic E-state index is 11.3. The van der Waals surface area contributed by atoms with Gasteiger partial charge < -0.3 is 20.6 Å². The summed E-state index contributed by atoms with van der Waals surface area (Å²) in [6.07, 6.45) is 4.19. The van der Waals surface area contributed by atoms with Gasteiger partial charge >= 0.3 is 6.03 Å². The first-order valence-corrected chi connectivity index (χ1v) is 7.11. The maximum Gasteiger partial charge on any atom is 0.314 e. The third-order valence-electron chi connectivity index (χ3n) is 3.61. The molecule has 0 unspecified atom stereocenters. The standard InChI is InChI=1S/C13H27N3O2/c1-2-16-9-5-12(6-10-16)4-8-15-13(18)14-7-3-11-17/h12,17H,2-11H2,1H3,(H2,14,15,18). The van der Waals surface area contributed by atoms with E-state index < -0.39 is 0 Å². The fraction of sp³-hybridized carbons (Fsp3) is 0.923. The van der Waals surface area contributed by atoms with Crippen molar-refractivity contribution in [3.8, 4) is 0 Å². The molecule has 1 aliphatic heterocycles. The van der Waals surface area contributed by atoms with Crippen LogP contribution < -0.4 is 10.6 Å². The Morgan fingerprint density at radius 3 is 2.56 bits per heavy atom. The second-order valence-corrected chi connectivity index (χ2v) is 4.93. The zero-order valence-electron chi connectivity index (χ0n) is 11.5. The van der Waals surface area contributed by atoms with Gasteiger partial charge in [-0.3, -0.25) is 0 Å². The number of piperidine rings is 1. The molecule has 1 saturated heterocycles. The summed E-state index contributed by atoms with van der Waals surface area (Å²) in [4.78, 5) is 13.8. The fourth-order valence-corrected chi connectivity index (χ4v) is 2.32. The number of amides is 2. The number of nitrogens with zero attached hydrogens (tertiary/aromatic N) is 1. The molecule has 0 saturated carbocycles. The molecule has 0 radical (unpaired) electrons. The number of aliphatic hydroxyl groups excluding tert-OH is 1. The fourth-order valence-electron chi connectivity index (χ4n) is 2.32. The summed E-state index contributed by atoms with van der Waals surface area (Å²) >= 11 is 0. The number of carbonyl (C=O) groups is 1. The molecule has 0 spiro atoms. The minimum atomic E-state index is -0.116. The molecule has 1 rings (SSSR count). The summed E-state index contributed by atoms with van der Waals surface area (Å²) < 4.78 is 0. The molecule has 5 nitrogen and oxygen atoms in total. The first-order valence-electron chi connectivity index (χ1n) is 7.11. The second kappa shape index (κ2) is 9.16. The Morgan fingerprint density at radius 1 is 1.28 bits per heavy atom. The molecule has 0 aromatic heterocycles. The van der Waals surface area contributed by atoms with E-state index in [2.05, 4.69) is 22.5 Å². The van der Waals surface area contributed by atoms with Crippen molar-refractivity contribution in [3.05, 3.63) is 0 Å². The third kappa shape index (κ3) is 6.21. The first-order chi connectivity index (χ1) is 8.76. The predicted octanol–water partition coefficient (Wildman–Crippen LogP) is 0.790. The van der Waals surface area contributed by atoms with E-state index in [4.69, 9.17) is 5.11 Å². The molecule has 0 aliphatic carbocycles. The van der Waals surface area contributed by atoms with Gasteiger partial charge in [-0.2, -0.15) is 0 Å². The normalized spacial score (nSPS) is 17.7. The Morgan fingerprint density at radius 2 is 1.94 bits per heavy atom. The molecule has 3 N–H and O–H groups in total. The van der Waals surface area contributed by atoms with E-state index in [1.165, 1.54) is 25.9 Å². The second-order valence-electron chi connectivity index (χ2n) is 4.93. The van der Waals surface area contributed by atoms with Crippen LogP contribution in [0.2, 0.25) is 0 Å². The Labute approximate surface area is 110 Å². The van der Waals surface area contributed by atoms with Crippen LogP contribution in [0, 0.1) is 5.92 Å². The van der Waals surface area contributed by atoms with Crippen LogP contribution in [0.25, 0.3) is 0 Å². The Hall–Kier alpha value is -0.810. The number of hydrogen-bond acceptors (Lipinski definition) is 3. The lowest BCUT2D eigenvalue weighted by Crippen LogP contribution is -2.38. The molecule has 1 fully saturated rings. The summed E-state index contributed by atoms with van der Waals surface area (Å²) in [7, 11) is 0. The molecule has 5 heteroatoms. The molecule has 0 atom stereocenters. The van der Waals surface area contributed by atoms with Crippen molar-refractivity contribution in [2.24, 2.45) is 5.92 Å². The first kappa shape index (κ1) is 15.2. The van der Waals surface area contributed by atoms with Crippen molar-refractivity contribution >= 4 is 6.03 Å². The van der Waals surface area contributed by atoms with Gasteiger partial charge in [0.05, 0.1) is 0 Å². The molecule has 0 aromatic rings. The number of hydrogen-bond donors (Lipinski definition) is 3. The van der Waals surface area contributed by atoms with Crippen molar-refractivity contribution in [1.29, 1.82) is 0 Å². The lowest BCUT2D eigenvalue weighted by atomic mass is 9.93. The van der Waals surface area contributed by atoms with Gasteiger partial charge in [0.15, 0.2) is 0 Å². The van der Waals surface area contributed by atoms with Crippen LogP contribution in [0.3, 0.4) is 0 Å². The zero-order valence-corrected chi connectivity index (χ0v) is 11.5. The number of urea groups is 1. The van der Waals surface area contributed by atoms with E-state index >= 15 is 0 Å². The number of aliphatic hydroxyl groups is 1. The predicted molar refractivity (Wildman–Crippen MR) is 72.6 cm³/mol. The Bertz CT molecular complexity index is 228. The van der Waals surface area contributed by atoms with Crippen molar-refractivity contribution < 1.29 is 9.90 Å². The van der Waals surface area contributed by atoms with Gasteiger partial charge in [0.2, 0.25) is 0 Å². The molecule has 0 bridgehead atoms. The SMILES string of the molecule is CCN1CCC(CCNC(=O)NCCCO)CC1. The summed E-state index contributed by atoms with van der Waals surface area (Å²) in [5.74, 6) is 0.755. The quantitative estimate of drug-likeness (QED) is 0.591. The molecule has 0 aromatic carbocycles. The van der Waals surface area contributed by atoms with Crippen molar-refractivity contribution in [1.82, 2.24) is 15.5 Å². The Kier molecular flexibility index (Phi) is 7.76. The van der Waals surface area contributed by atoms with E-state index in [0.717, 1.165) is 25.4 Å². The van der Waals surface area contributed by atoms with Crippen LogP contribution in [-0.2, 0) is 0 Å². The van der Waals surface area contributed by atoms with E-state index in [-0.39, 0.29) is 12.6 Å². The summed E-state index contributed by atoms with van der Waals surface area (Å²) in [5.41, 5.74) is 0. The lowest BCUT2D eigenvalue weighted by Gasteiger charge is -2.31. The van der Waals surface area contributed by atoms with Crippen LogP contribution in [0.15, 0.2) is 0 Å². The summed E-state index contributed by atoms with van der Waals surface area (Å²) in [6.45, 7) is 7.17. The monoisotopic (exact) mass is 257 g/mol. The van der Waals surface area contributed by atoms with E-state index in [1.807, 2.05) is 0 Å². The molecular formula is C13H27N3O2. The lowest BCUT2D eigenvalue weighted by molar-refractivity contribution is 0.186. The minimum Gasteiger partial charge on any atom is -0.396 e. The average Bonchev–Trinajstić information content (AvgIpc) is 2.40. The van der Waals surface area contributed by atoms with Gasteiger partial charge in [0.1, 0.15) is 0 Å². The average molecular weight is 257 g/mol. The van der Waals surface area contributed by atoms with Crippen LogP contribution in [-0.4, -0.2) is 55.4 Å². The van der Waals surface area contributed by atoms with Crippen LogP contribution in [0.1, 0.15) is 32.6 Å². The minimum absolute atomic E-state index is 0.116. The van der Waals surface area contributed by atoms with Crippen LogP contribution >= 0.6 is 0 Å². The maximum absolute atomic E-state index is 11.3. The highest BCUT2D eigenvalue weighted by atomic mass is 16.3. The van der Waals surface area contributed by atoms with E-state index in [1.54, 1.807) is 0 Å². The Balaban J connectivity index is 1.99. The summed E-state index contributed by atoms with van der Waals surface area (Å²) in [6, 6.07) is -0.116. The van der Waals surface area contributed by atoms with Crippen molar-refractivity contribution in [3.63, 3.8) is 0 Å². The van der Waals surface area contributed by atoms with Gasteiger partial charge in [-0.15, -0.1) is 0 Å². The molecule has 18 heavy (non-hydrogen) atoms.